The summed E-state index contributed by atoms with van der Waals surface area (Å²) in [6.07, 6.45) is 5.75. The van der Waals surface area contributed by atoms with Crippen LogP contribution >= 0.6 is 0 Å². The van der Waals surface area contributed by atoms with Gasteiger partial charge < -0.3 is 16.0 Å². The van der Waals surface area contributed by atoms with Crippen molar-refractivity contribution in [2.24, 2.45) is 5.73 Å². The van der Waals surface area contributed by atoms with Crippen molar-refractivity contribution in [2.75, 3.05) is 0 Å². The van der Waals surface area contributed by atoms with Crippen LogP contribution in [-0.2, 0) is 6.54 Å². The van der Waals surface area contributed by atoms with Gasteiger partial charge in [-0.25, -0.2) is 4.98 Å². The largest absolute Gasteiger partial charge is 0.347 e. The van der Waals surface area contributed by atoms with E-state index in [2.05, 4.69) is 15.3 Å². The molecule has 1 aromatic heterocycles. The average molecular weight is 166 g/mol. The number of aromatic nitrogens is 2. The number of hydrogen-bond acceptors (Lipinski definition) is 3. The number of imidazole rings is 1. The van der Waals surface area contributed by atoms with Gasteiger partial charge in [0.2, 0.25) is 0 Å². The summed E-state index contributed by atoms with van der Waals surface area (Å²) in [7, 11) is 0. The number of rotatable bonds is 3. The molecule has 1 aliphatic rings. The maximum Gasteiger partial charge on any atom is 0.0922 e. The van der Waals surface area contributed by atoms with Crippen LogP contribution in [0.5, 0.6) is 0 Å². The summed E-state index contributed by atoms with van der Waals surface area (Å²) >= 11 is 0. The van der Waals surface area contributed by atoms with Gasteiger partial charge in [0.15, 0.2) is 0 Å². The second-order valence-corrected chi connectivity index (χ2v) is 3.39. The van der Waals surface area contributed by atoms with Crippen molar-refractivity contribution in [3.05, 3.63) is 18.2 Å². The van der Waals surface area contributed by atoms with Gasteiger partial charge in [0, 0.05) is 30.5 Å². The van der Waals surface area contributed by atoms with E-state index in [-0.39, 0.29) is 0 Å². The lowest BCUT2D eigenvalue weighted by atomic mass is 9.88. The van der Waals surface area contributed by atoms with E-state index in [1.165, 1.54) is 0 Å². The Bertz CT molecular complexity index is 225. The molecule has 12 heavy (non-hydrogen) atoms. The summed E-state index contributed by atoms with van der Waals surface area (Å²) in [5.41, 5.74) is 6.79. The van der Waals surface area contributed by atoms with Gasteiger partial charge in [-0.15, -0.1) is 0 Å². The highest BCUT2D eigenvalue weighted by molar-refractivity contribution is 4.96. The van der Waals surface area contributed by atoms with Crippen LogP contribution in [0.3, 0.4) is 0 Å². The predicted molar refractivity (Wildman–Crippen MR) is 46.4 cm³/mol. The Labute approximate surface area is 71.6 Å². The van der Waals surface area contributed by atoms with Crippen LogP contribution in [0.4, 0.5) is 0 Å². The zero-order chi connectivity index (χ0) is 8.39. The van der Waals surface area contributed by atoms with Crippen LogP contribution in [0, 0.1) is 0 Å². The molecule has 0 amide bonds. The number of hydrogen-bond donors (Lipinski definition) is 3. The minimum atomic E-state index is 0.421. The SMILES string of the molecule is NC1CC(NCc2cnc[nH]2)C1. The highest BCUT2D eigenvalue weighted by atomic mass is 15.0. The van der Waals surface area contributed by atoms with Gasteiger partial charge in [0.25, 0.3) is 0 Å². The van der Waals surface area contributed by atoms with Crippen molar-refractivity contribution in [3.8, 4) is 0 Å². The summed E-state index contributed by atoms with van der Waals surface area (Å²) in [6, 6.07) is 1.03. The fourth-order valence-electron chi connectivity index (χ4n) is 1.46. The minimum absolute atomic E-state index is 0.421. The number of H-pyrrole nitrogens is 1. The van der Waals surface area contributed by atoms with Crippen molar-refractivity contribution in [3.63, 3.8) is 0 Å². The number of nitrogens with two attached hydrogens (primary N) is 1. The topological polar surface area (TPSA) is 66.7 Å². The molecule has 0 spiro atoms. The van der Waals surface area contributed by atoms with Gasteiger partial charge in [-0.1, -0.05) is 0 Å². The summed E-state index contributed by atoms with van der Waals surface area (Å²) in [5.74, 6) is 0. The average Bonchev–Trinajstić information content (AvgIpc) is 2.47. The lowest BCUT2D eigenvalue weighted by Gasteiger charge is -2.33. The van der Waals surface area contributed by atoms with Gasteiger partial charge in [0.1, 0.15) is 0 Å². The van der Waals surface area contributed by atoms with E-state index in [4.69, 9.17) is 5.73 Å². The first-order chi connectivity index (χ1) is 5.84. The molecule has 0 atom stereocenters. The molecule has 0 aromatic carbocycles. The Hall–Kier alpha value is -0.870. The Balaban J connectivity index is 1.70. The van der Waals surface area contributed by atoms with E-state index < -0.39 is 0 Å². The molecule has 66 valence electrons. The Morgan fingerprint density at radius 3 is 3.08 bits per heavy atom. The molecule has 4 nitrogen and oxygen atoms in total. The zero-order valence-electron chi connectivity index (χ0n) is 6.96. The third-order valence-electron chi connectivity index (χ3n) is 2.31. The highest BCUT2D eigenvalue weighted by Gasteiger charge is 2.24. The quantitative estimate of drug-likeness (QED) is 0.591. The van der Waals surface area contributed by atoms with Gasteiger partial charge in [-0.2, -0.15) is 0 Å². The fraction of sp³-hybridized carbons (Fsp3) is 0.625. The van der Waals surface area contributed by atoms with Crippen LogP contribution in [0.25, 0.3) is 0 Å². The molecule has 1 aliphatic carbocycles. The molecular formula is C8H14N4. The maximum absolute atomic E-state index is 5.66. The van der Waals surface area contributed by atoms with Crippen LogP contribution in [0.15, 0.2) is 12.5 Å². The normalized spacial score (nSPS) is 28.4. The minimum Gasteiger partial charge on any atom is -0.347 e. The first-order valence-corrected chi connectivity index (χ1v) is 4.31. The molecule has 4 N–H and O–H groups in total. The van der Waals surface area contributed by atoms with E-state index >= 15 is 0 Å². The summed E-state index contributed by atoms with van der Waals surface area (Å²) in [5, 5.41) is 3.40. The molecule has 1 heterocycles. The Kier molecular flexibility index (Phi) is 2.10. The fourth-order valence-corrected chi connectivity index (χ4v) is 1.46. The molecule has 1 saturated carbocycles. The summed E-state index contributed by atoms with van der Waals surface area (Å²) < 4.78 is 0. The lowest BCUT2D eigenvalue weighted by molar-refractivity contribution is 0.290. The monoisotopic (exact) mass is 166 g/mol. The smallest absolute Gasteiger partial charge is 0.0922 e. The standard InChI is InChI=1S/C8H14N4/c9-6-1-7(2-6)11-4-8-3-10-5-12-8/h3,5-7,11H,1-2,4,9H2,(H,10,12). The van der Waals surface area contributed by atoms with Crippen LogP contribution in [0.1, 0.15) is 18.5 Å². The van der Waals surface area contributed by atoms with Crippen LogP contribution in [-0.4, -0.2) is 22.1 Å². The maximum atomic E-state index is 5.66. The molecule has 0 bridgehead atoms. The first-order valence-electron chi connectivity index (χ1n) is 4.31. The molecular weight excluding hydrogens is 152 g/mol. The molecule has 2 rings (SSSR count). The van der Waals surface area contributed by atoms with E-state index in [1.54, 1.807) is 6.33 Å². The van der Waals surface area contributed by atoms with E-state index in [9.17, 15) is 0 Å². The van der Waals surface area contributed by atoms with Crippen molar-refractivity contribution in [1.82, 2.24) is 15.3 Å². The molecule has 4 heteroatoms. The van der Waals surface area contributed by atoms with Gasteiger partial charge in [-0.3, -0.25) is 0 Å². The zero-order valence-corrected chi connectivity index (χ0v) is 6.96. The molecule has 0 aliphatic heterocycles. The van der Waals surface area contributed by atoms with Gasteiger partial charge in [-0.05, 0) is 12.8 Å². The highest BCUT2D eigenvalue weighted by Crippen LogP contribution is 2.17. The number of nitrogens with one attached hydrogen (secondary N) is 2. The third kappa shape index (κ3) is 1.65. The molecule has 0 saturated heterocycles. The Morgan fingerprint density at radius 2 is 2.50 bits per heavy atom. The first kappa shape index (κ1) is 7.76. The van der Waals surface area contributed by atoms with Gasteiger partial charge in [0.05, 0.1) is 6.33 Å². The molecule has 0 unspecified atom stereocenters. The van der Waals surface area contributed by atoms with Crippen molar-refractivity contribution >= 4 is 0 Å². The molecule has 1 fully saturated rings. The molecule has 1 aromatic rings. The molecule has 0 radical (unpaired) electrons. The second-order valence-electron chi connectivity index (χ2n) is 3.39. The van der Waals surface area contributed by atoms with Crippen molar-refractivity contribution < 1.29 is 0 Å². The number of nitrogens with zero attached hydrogens (tertiary/aromatic N) is 1. The second kappa shape index (κ2) is 3.25. The van der Waals surface area contributed by atoms with E-state index in [0.29, 0.717) is 12.1 Å². The lowest BCUT2D eigenvalue weighted by Crippen LogP contribution is -2.48. The van der Waals surface area contributed by atoms with Gasteiger partial charge >= 0.3 is 0 Å². The van der Waals surface area contributed by atoms with Crippen molar-refractivity contribution in [2.45, 2.75) is 31.5 Å². The van der Waals surface area contributed by atoms with Crippen molar-refractivity contribution in [1.29, 1.82) is 0 Å². The van der Waals surface area contributed by atoms with Crippen LogP contribution < -0.4 is 11.1 Å². The number of aromatic amines is 1. The summed E-state index contributed by atoms with van der Waals surface area (Å²) in [6.45, 7) is 0.872. The van der Waals surface area contributed by atoms with E-state index in [1.807, 2.05) is 6.20 Å². The van der Waals surface area contributed by atoms with Crippen LogP contribution in [0.2, 0.25) is 0 Å². The summed E-state index contributed by atoms with van der Waals surface area (Å²) in [4.78, 5) is 6.99. The van der Waals surface area contributed by atoms with E-state index in [0.717, 1.165) is 25.1 Å². The predicted octanol–water partition coefficient (Wildman–Crippen LogP) is -0.0110. The Morgan fingerprint density at radius 1 is 1.67 bits per heavy atom. The third-order valence-corrected chi connectivity index (χ3v) is 2.31.